The van der Waals surface area contributed by atoms with E-state index in [2.05, 4.69) is 10.3 Å². The number of anilines is 1. The number of ether oxygens (including phenoxy) is 1. The van der Waals surface area contributed by atoms with Crippen LogP contribution in [0.1, 0.15) is 25.7 Å². The number of fused-ring (bicyclic) bond motifs is 1. The maximum absolute atomic E-state index is 9.81. The molecule has 0 bridgehead atoms. The van der Waals surface area contributed by atoms with Crippen LogP contribution in [0.2, 0.25) is 5.02 Å². The van der Waals surface area contributed by atoms with Gasteiger partial charge in [0, 0.05) is 17.6 Å². The molecule has 1 aromatic heterocycles. The molecule has 0 spiro atoms. The van der Waals surface area contributed by atoms with Crippen molar-refractivity contribution in [3.63, 3.8) is 0 Å². The fraction of sp³-hybridized carbons (Fsp3) is 0.471. The molecule has 1 aliphatic rings. The summed E-state index contributed by atoms with van der Waals surface area (Å²) >= 11 is 6.35. The summed E-state index contributed by atoms with van der Waals surface area (Å²) < 4.78 is 5.29. The molecule has 1 saturated carbocycles. The molecular weight excluding hydrogens is 316 g/mol. The SMILES string of the molecule is COc1ccc2ncc(Cl)c(NC3CC[C@@H](O)[C@@H](O)CC3)c2c1. The van der Waals surface area contributed by atoms with Crippen LogP contribution in [-0.2, 0) is 0 Å². The number of aliphatic hydroxyl groups is 2. The van der Waals surface area contributed by atoms with Gasteiger partial charge in [0.1, 0.15) is 5.75 Å². The molecule has 0 saturated heterocycles. The van der Waals surface area contributed by atoms with Crippen molar-refractivity contribution in [1.82, 2.24) is 4.98 Å². The number of pyridine rings is 1. The fourth-order valence-electron chi connectivity index (χ4n) is 3.04. The Bertz CT molecular complexity index is 683. The molecule has 0 radical (unpaired) electrons. The summed E-state index contributed by atoms with van der Waals surface area (Å²) in [5.74, 6) is 0.747. The first-order chi connectivity index (χ1) is 11.1. The lowest BCUT2D eigenvalue weighted by molar-refractivity contribution is 0.0157. The number of hydrogen-bond acceptors (Lipinski definition) is 5. The van der Waals surface area contributed by atoms with Crippen molar-refractivity contribution < 1.29 is 14.9 Å². The average molecular weight is 337 g/mol. The average Bonchev–Trinajstić information content (AvgIpc) is 2.72. The number of nitrogens with zero attached hydrogens (tertiary/aromatic N) is 1. The molecule has 6 heteroatoms. The highest BCUT2D eigenvalue weighted by atomic mass is 35.5. The summed E-state index contributed by atoms with van der Waals surface area (Å²) in [6.45, 7) is 0. The zero-order valence-electron chi connectivity index (χ0n) is 13.0. The van der Waals surface area contributed by atoms with E-state index < -0.39 is 12.2 Å². The van der Waals surface area contributed by atoms with E-state index in [9.17, 15) is 10.2 Å². The summed E-state index contributed by atoms with van der Waals surface area (Å²) in [5.41, 5.74) is 1.66. The minimum absolute atomic E-state index is 0.149. The summed E-state index contributed by atoms with van der Waals surface area (Å²) in [6.07, 6.45) is 3.05. The number of aliphatic hydroxyl groups excluding tert-OH is 2. The van der Waals surface area contributed by atoms with Gasteiger partial charge in [-0.2, -0.15) is 0 Å². The molecule has 1 heterocycles. The maximum atomic E-state index is 9.81. The van der Waals surface area contributed by atoms with Crippen LogP contribution in [0.25, 0.3) is 10.9 Å². The highest BCUT2D eigenvalue weighted by Crippen LogP contribution is 2.34. The van der Waals surface area contributed by atoms with Crippen LogP contribution in [0.5, 0.6) is 5.75 Å². The summed E-state index contributed by atoms with van der Waals surface area (Å²) in [7, 11) is 1.63. The number of aromatic nitrogens is 1. The Balaban J connectivity index is 1.91. The maximum Gasteiger partial charge on any atom is 0.119 e. The largest absolute Gasteiger partial charge is 0.497 e. The number of halogens is 1. The molecule has 1 aromatic carbocycles. The predicted molar refractivity (Wildman–Crippen MR) is 91.2 cm³/mol. The van der Waals surface area contributed by atoms with Gasteiger partial charge in [-0.25, -0.2) is 0 Å². The minimum atomic E-state index is -0.647. The molecule has 5 nitrogen and oxygen atoms in total. The van der Waals surface area contributed by atoms with Crippen molar-refractivity contribution in [2.75, 3.05) is 12.4 Å². The van der Waals surface area contributed by atoms with E-state index in [-0.39, 0.29) is 6.04 Å². The summed E-state index contributed by atoms with van der Waals surface area (Å²) in [5, 5.41) is 24.5. The van der Waals surface area contributed by atoms with Crippen molar-refractivity contribution in [3.05, 3.63) is 29.4 Å². The van der Waals surface area contributed by atoms with Gasteiger partial charge in [0.2, 0.25) is 0 Å². The Kier molecular flexibility index (Phi) is 4.90. The van der Waals surface area contributed by atoms with E-state index in [0.29, 0.717) is 17.9 Å². The van der Waals surface area contributed by atoms with Crippen molar-refractivity contribution in [2.45, 2.75) is 43.9 Å². The number of nitrogens with one attached hydrogen (secondary N) is 1. The van der Waals surface area contributed by atoms with Gasteiger partial charge in [-0.1, -0.05) is 11.6 Å². The predicted octanol–water partition coefficient (Wildman–Crippen LogP) is 2.97. The van der Waals surface area contributed by atoms with Crippen LogP contribution in [0.3, 0.4) is 0 Å². The number of hydrogen-bond donors (Lipinski definition) is 3. The number of benzene rings is 1. The van der Waals surface area contributed by atoms with Gasteiger partial charge in [0.25, 0.3) is 0 Å². The van der Waals surface area contributed by atoms with Gasteiger partial charge in [-0.3, -0.25) is 4.98 Å². The molecule has 1 fully saturated rings. The fourth-order valence-corrected chi connectivity index (χ4v) is 3.25. The quantitative estimate of drug-likeness (QED) is 0.751. The van der Waals surface area contributed by atoms with Crippen LogP contribution in [0, 0.1) is 0 Å². The molecule has 23 heavy (non-hydrogen) atoms. The molecule has 0 aliphatic heterocycles. The second kappa shape index (κ2) is 6.91. The first-order valence-electron chi connectivity index (χ1n) is 7.83. The summed E-state index contributed by atoms with van der Waals surface area (Å²) in [4.78, 5) is 4.35. The standard InChI is InChI=1S/C17H21ClN2O3/c1-23-11-4-5-14-12(8-11)17(13(18)9-19-14)20-10-2-6-15(21)16(22)7-3-10/h4-5,8-10,15-16,21-22H,2-3,6-7H2,1H3,(H,19,20)/t10?,15-,16+. The van der Waals surface area contributed by atoms with Crippen molar-refractivity contribution >= 4 is 28.2 Å². The molecule has 2 aromatic rings. The Hall–Kier alpha value is -1.56. The van der Waals surface area contributed by atoms with Crippen LogP contribution >= 0.6 is 11.6 Å². The second-order valence-electron chi connectivity index (χ2n) is 5.99. The van der Waals surface area contributed by atoms with E-state index in [1.807, 2.05) is 18.2 Å². The zero-order valence-corrected chi connectivity index (χ0v) is 13.8. The second-order valence-corrected chi connectivity index (χ2v) is 6.40. The van der Waals surface area contributed by atoms with E-state index >= 15 is 0 Å². The Morgan fingerprint density at radius 1 is 1.17 bits per heavy atom. The van der Waals surface area contributed by atoms with E-state index in [0.717, 1.165) is 35.2 Å². The van der Waals surface area contributed by atoms with E-state index in [4.69, 9.17) is 16.3 Å². The molecule has 3 N–H and O–H groups in total. The topological polar surface area (TPSA) is 74.6 Å². The van der Waals surface area contributed by atoms with Crippen LogP contribution in [0.15, 0.2) is 24.4 Å². The lowest BCUT2D eigenvalue weighted by Gasteiger charge is -2.20. The Morgan fingerprint density at radius 2 is 1.87 bits per heavy atom. The van der Waals surface area contributed by atoms with Crippen molar-refractivity contribution in [2.24, 2.45) is 0 Å². The zero-order chi connectivity index (χ0) is 16.4. The highest BCUT2D eigenvalue weighted by Gasteiger charge is 2.25. The third kappa shape index (κ3) is 3.52. The van der Waals surface area contributed by atoms with Crippen LogP contribution in [0.4, 0.5) is 5.69 Å². The molecule has 3 atom stereocenters. The normalized spacial score (nSPS) is 25.1. The molecule has 3 rings (SSSR count). The number of rotatable bonds is 3. The third-order valence-corrected chi connectivity index (χ3v) is 4.73. The Labute approximate surface area is 140 Å². The molecule has 1 unspecified atom stereocenters. The van der Waals surface area contributed by atoms with Crippen LogP contribution < -0.4 is 10.1 Å². The molecule has 0 amide bonds. The molecule has 124 valence electrons. The van der Waals surface area contributed by atoms with Crippen LogP contribution in [-0.4, -0.2) is 40.6 Å². The van der Waals surface area contributed by atoms with Gasteiger partial charge in [-0.15, -0.1) is 0 Å². The van der Waals surface area contributed by atoms with E-state index in [1.54, 1.807) is 13.3 Å². The number of methoxy groups -OCH3 is 1. The third-order valence-electron chi connectivity index (χ3n) is 4.44. The highest BCUT2D eigenvalue weighted by molar-refractivity contribution is 6.34. The lowest BCUT2D eigenvalue weighted by Crippen LogP contribution is -2.23. The van der Waals surface area contributed by atoms with Gasteiger partial charge in [0.15, 0.2) is 0 Å². The lowest BCUT2D eigenvalue weighted by atomic mass is 10.1. The van der Waals surface area contributed by atoms with E-state index in [1.165, 1.54) is 0 Å². The van der Waals surface area contributed by atoms with Gasteiger partial charge < -0.3 is 20.3 Å². The first kappa shape index (κ1) is 16.3. The Morgan fingerprint density at radius 3 is 2.52 bits per heavy atom. The summed E-state index contributed by atoms with van der Waals surface area (Å²) in [6, 6.07) is 5.83. The monoisotopic (exact) mass is 336 g/mol. The van der Waals surface area contributed by atoms with Gasteiger partial charge in [0.05, 0.1) is 35.5 Å². The van der Waals surface area contributed by atoms with Gasteiger partial charge >= 0.3 is 0 Å². The van der Waals surface area contributed by atoms with Crippen molar-refractivity contribution in [1.29, 1.82) is 0 Å². The minimum Gasteiger partial charge on any atom is -0.497 e. The van der Waals surface area contributed by atoms with Gasteiger partial charge in [-0.05, 0) is 43.9 Å². The molecular formula is C17H21ClN2O3. The van der Waals surface area contributed by atoms with Crippen molar-refractivity contribution in [3.8, 4) is 5.75 Å². The molecule has 1 aliphatic carbocycles. The smallest absolute Gasteiger partial charge is 0.119 e. The first-order valence-corrected chi connectivity index (χ1v) is 8.21.